The van der Waals surface area contributed by atoms with Gasteiger partial charge in [0.25, 0.3) is 0 Å². The van der Waals surface area contributed by atoms with Crippen LogP contribution in [0, 0.1) is 0 Å². The van der Waals surface area contributed by atoms with Crippen molar-refractivity contribution in [1.29, 1.82) is 0 Å². The lowest BCUT2D eigenvalue weighted by molar-refractivity contribution is -0.150. The zero-order chi connectivity index (χ0) is 9.64. The van der Waals surface area contributed by atoms with E-state index >= 15 is 0 Å². The number of nitrogens with zero attached hydrogens (tertiary/aromatic N) is 1. The number of carbonyl (C=O) groups is 2. The molecule has 2 fully saturated rings. The van der Waals surface area contributed by atoms with Gasteiger partial charge < -0.3 is 10.0 Å². The average molecular weight is 201 g/mol. The van der Waals surface area contributed by atoms with E-state index < -0.39 is 11.5 Å². The van der Waals surface area contributed by atoms with Gasteiger partial charge in [0.1, 0.15) is 5.54 Å². The Morgan fingerprint density at radius 1 is 1.62 bits per heavy atom. The van der Waals surface area contributed by atoms with Gasteiger partial charge in [-0.1, -0.05) is 0 Å². The monoisotopic (exact) mass is 201 g/mol. The van der Waals surface area contributed by atoms with E-state index in [-0.39, 0.29) is 11.2 Å². The summed E-state index contributed by atoms with van der Waals surface area (Å²) in [6.07, 6.45) is 1.56. The third kappa shape index (κ3) is 1.22. The van der Waals surface area contributed by atoms with Gasteiger partial charge in [0.2, 0.25) is 5.91 Å². The normalized spacial score (nSPS) is 30.7. The van der Waals surface area contributed by atoms with E-state index in [4.69, 9.17) is 5.11 Å². The Morgan fingerprint density at radius 2 is 2.23 bits per heavy atom. The minimum atomic E-state index is -0.872. The highest BCUT2D eigenvalue weighted by Gasteiger charge is 2.58. The number of likely N-dealkylation sites (tertiary alicyclic amines) is 1. The molecule has 0 aromatic rings. The molecule has 1 amide bonds. The fraction of sp³-hybridized carbons (Fsp3) is 0.750. The van der Waals surface area contributed by atoms with Crippen molar-refractivity contribution < 1.29 is 14.7 Å². The number of amides is 1. The quantitative estimate of drug-likeness (QED) is 0.624. The highest BCUT2D eigenvalue weighted by atomic mass is 32.1. The molecule has 1 saturated carbocycles. The standard InChI is InChI=1S/C8H11NO3S/c10-6-3-5(13)4-9(6)8(1-2-8)7(11)12/h5,13H,1-4H2,(H,11,12). The number of hydrogen-bond acceptors (Lipinski definition) is 3. The number of aliphatic carboxylic acids is 1. The largest absolute Gasteiger partial charge is 0.479 e. The molecule has 4 nitrogen and oxygen atoms in total. The van der Waals surface area contributed by atoms with Crippen LogP contribution in [0.1, 0.15) is 19.3 Å². The van der Waals surface area contributed by atoms with Crippen LogP contribution >= 0.6 is 12.6 Å². The maximum atomic E-state index is 11.4. The number of carboxylic acids is 1. The first kappa shape index (κ1) is 8.87. The molecule has 0 aromatic heterocycles. The van der Waals surface area contributed by atoms with Crippen molar-refractivity contribution in [3.05, 3.63) is 0 Å². The van der Waals surface area contributed by atoms with Gasteiger partial charge in [0, 0.05) is 18.2 Å². The summed E-state index contributed by atoms with van der Waals surface area (Å²) in [5.41, 5.74) is -0.867. The fourth-order valence-electron chi connectivity index (χ4n) is 1.82. The minimum Gasteiger partial charge on any atom is -0.479 e. The molecule has 1 aliphatic heterocycles. The molecule has 1 unspecified atom stereocenters. The van der Waals surface area contributed by atoms with Crippen LogP contribution < -0.4 is 0 Å². The summed E-state index contributed by atoms with van der Waals surface area (Å²) in [5.74, 6) is -0.941. The Morgan fingerprint density at radius 3 is 2.54 bits per heavy atom. The van der Waals surface area contributed by atoms with Crippen LogP contribution in [0.15, 0.2) is 0 Å². The topological polar surface area (TPSA) is 57.6 Å². The van der Waals surface area contributed by atoms with Crippen LogP contribution in [-0.4, -0.2) is 39.2 Å². The van der Waals surface area contributed by atoms with E-state index in [2.05, 4.69) is 12.6 Å². The maximum absolute atomic E-state index is 11.4. The van der Waals surface area contributed by atoms with Crippen LogP contribution in [0.3, 0.4) is 0 Å². The second-order valence-corrected chi connectivity index (χ2v) is 4.43. The van der Waals surface area contributed by atoms with Crippen molar-refractivity contribution >= 4 is 24.5 Å². The van der Waals surface area contributed by atoms with Crippen molar-refractivity contribution in [3.8, 4) is 0 Å². The Balaban J connectivity index is 2.18. The van der Waals surface area contributed by atoms with Crippen LogP contribution in [-0.2, 0) is 9.59 Å². The van der Waals surface area contributed by atoms with Crippen LogP contribution in [0.4, 0.5) is 0 Å². The van der Waals surface area contributed by atoms with Gasteiger partial charge >= 0.3 is 5.97 Å². The molecule has 0 spiro atoms. The molecule has 0 radical (unpaired) electrons. The molecule has 1 atom stereocenters. The number of carboxylic acid groups (broad SMARTS) is 1. The van der Waals surface area contributed by atoms with Gasteiger partial charge in [-0.15, -0.1) is 0 Å². The molecule has 2 aliphatic rings. The van der Waals surface area contributed by atoms with Crippen molar-refractivity contribution in [2.24, 2.45) is 0 Å². The third-order valence-corrected chi connectivity index (χ3v) is 3.09. The first-order valence-corrected chi connectivity index (χ1v) is 4.80. The molecule has 0 bridgehead atoms. The number of hydrogen-bond donors (Lipinski definition) is 2. The van der Waals surface area contributed by atoms with Gasteiger partial charge in [-0.25, -0.2) is 4.79 Å². The molecular weight excluding hydrogens is 190 g/mol. The van der Waals surface area contributed by atoms with Gasteiger partial charge in [0.05, 0.1) is 0 Å². The molecule has 1 saturated heterocycles. The predicted molar refractivity (Wildman–Crippen MR) is 48.7 cm³/mol. The zero-order valence-corrected chi connectivity index (χ0v) is 7.96. The van der Waals surface area contributed by atoms with Crippen LogP contribution in [0.25, 0.3) is 0 Å². The van der Waals surface area contributed by atoms with Crippen molar-refractivity contribution in [2.45, 2.75) is 30.1 Å². The summed E-state index contributed by atoms with van der Waals surface area (Å²) in [4.78, 5) is 23.8. The molecule has 13 heavy (non-hydrogen) atoms. The summed E-state index contributed by atoms with van der Waals surface area (Å²) in [7, 11) is 0. The van der Waals surface area contributed by atoms with Crippen molar-refractivity contribution in [2.75, 3.05) is 6.54 Å². The molecular formula is C8H11NO3S. The Hall–Kier alpha value is -0.710. The lowest BCUT2D eigenvalue weighted by Crippen LogP contribution is -2.44. The van der Waals surface area contributed by atoms with E-state index in [0.29, 0.717) is 25.8 Å². The van der Waals surface area contributed by atoms with E-state index in [1.807, 2.05) is 0 Å². The maximum Gasteiger partial charge on any atom is 0.329 e. The predicted octanol–water partition coefficient (Wildman–Crippen LogP) is 0.134. The van der Waals surface area contributed by atoms with Gasteiger partial charge in [-0.3, -0.25) is 4.79 Å². The van der Waals surface area contributed by atoms with Crippen LogP contribution in [0.5, 0.6) is 0 Å². The van der Waals surface area contributed by atoms with E-state index in [1.165, 1.54) is 4.90 Å². The molecule has 5 heteroatoms. The van der Waals surface area contributed by atoms with Crippen molar-refractivity contribution in [3.63, 3.8) is 0 Å². The summed E-state index contributed by atoms with van der Waals surface area (Å²) >= 11 is 4.18. The van der Waals surface area contributed by atoms with Crippen LogP contribution in [0.2, 0.25) is 0 Å². The summed E-state index contributed by atoms with van der Waals surface area (Å²) < 4.78 is 0. The van der Waals surface area contributed by atoms with E-state index in [9.17, 15) is 9.59 Å². The molecule has 1 heterocycles. The smallest absolute Gasteiger partial charge is 0.329 e. The second-order valence-electron chi connectivity index (χ2n) is 3.70. The highest BCUT2D eigenvalue weighted by molar-refractivity contribution is 7.81. The lowest BCUT2D eigenvalue weighted by atomic mass is 10.2. The average Bonchev–Trinajstić information content (AvgIpc) is 2.75. The second kappa shape index (κ2) is 2.64. The first-order valence-electron chi connectivity index (χ1n) is 4.28. The number of thiol groups is 1. The lowest BCUT2D eigenvalue weighted by Gasteiger charge is -2.23. The minimum absolute atomic E-state index is 0.00400. The van der Waals surface area contributed by atoms with E-state index in [0.717, 1.165) is 0 Å². The molecule has 72 valence electrons. The summed E-state index contributed by atoms with van der Waals surface area (Å²) in [6.45, 7) is 0.480. The first-order chi connectivity index (χ1) is 6.06. The SMILES string of the molecule is O=C1CC(S)CN1C1(C(=O)O)CC1. The van der Waals surface area contributed by atoms with Gasteiger partial charge in [-0.2, -0.15) is 12.6 Å². The van der Waals surface area contributed by atoms with Gasteiger partial charge in [0.15, 0.2) is 0 Å². The molecule has 0 aromatic carbocycles. The number of carbonyl (C=O) groups excluding carboxylic acids is 1. The highest BCUT2D eigenvalue weighted by Crippen LogP contribution is 2.44. The molecule has 2 rings (SSSR count). The Bertz CT molecular complexity index is 275. The fourth-order valence-corrected chi connectivity index (χ4v) is 2.14. The molecule has 1 N–H and O–H groups in total. The third-order valence-electron chi connectivity index (χ3n) is 2.74. The Labute approximate surface area is 81.3 Å². The van der Waals surface area contributed by atoms with Gasteiger partial charge in [-0.05, 0) is 12.8 Å². The summed E-state index contributed by atoms with van der Waals surface area (Å²) in [5, 5.41) is 8.95. The molecule has 1 aliphatic carbocycles. The summed E-state index contributed by atoms with van der Waals surface area (Å²) in [6, 6.07) is 0. The number of rotatable bonds is 2. The zero-order valence-electron chi connectivity index (χ0n) is 7.06. The Kier molecular flexibility index (Phi) is 1.80. The van der Waals surface area contributed by atoms with E-state index in [1.54, 1.807) is 0 Å². The van der Waals surface area contributed by atoms with Crippen molar-refractivity contribution in [1.82, 2.24) is 4.90 Å².